The van der Waals surface area contributed by atoms with Crippen LogP contribution in [0.4, 0.5) is 8.78 Å². The van der Waals surface area contributed by atoms with Gasteiger partial charge in [0.05, 0.1) is 10.6 Å². The topological polar surface area (TPSA) is 59.1 Å². The molecule has 8 heteroatoms. The monoisotopic (exact) mass is 408 g/mol. The van der Waals surface area contributed by atoms with Gasteiger partial charge in [0.2, 0.25) is 10.0 Å². The maximum atomic E-state index is 13.4. The molecule has 0 aliphatic heterocycles. The Hall–Kier alpha value is -2.16. The van der Waals surface area contributed by atoms with Crippen LogP contribution in [0.2, 0.25) is 0 Å². The number of benzene rings is 2. The highest BCUT2D eigenvalue weighted by Crippen LogP contribution is 2.28. The number of hydrogen-bond acceptors (Lipinski definition) is 4. The van der Waals surface area contributed by atoms with Gasteiger partial charge in [0, 0.05) is 17.0 Å². The zero-order chi connectivity index (χ0) is 19.6. The molecule has 27 heavy (non-hydrogen) atoms. The van der Waals surface area contributed by atoms with Crippen LogP contribution in [-0.2, 0) is 16.4 Å². The minimum atomic E-state index is -3.72. The summed E-state index contributed by atoms with van der Waals surface area (Å²) in [6.45, 7) is 3.54. The van der Waals surface area contributed by atoms with Gasteiger partial charge in [-0.3, -0.25) is 0 Å². The van der Waals surface area contributed by atoms with E-state index in [1.54, 1.807) is 12.1 Å². The quantitative estimate of drug-likeness (QED) is 0.664. The first-order valence-corrected chi connectivity index (χ1v) is 10.5. The zero-order valence-corrected chi connectivity index (χ0v) is 16.4. The second kappa shape index (κ2) is 7.84. The highest BCUT2D eigenvalue weighted by molar-refractivity contribution is 7.89. The van der Waals surface area contributed by atoms with E-state index >= 15 is 0 Å². The molecule has 3 rings (SSSR count). The molecule has 0 radical (unpaired) electrons. The van der Waals surface area contributed by atoms with Crippen LogP contribution in [0.3, 0.4) is 0 Å². The van der Waals surface area contributed by atoms with Gasteiger partial charge in [-0.15, -0.1) is 11.3 Å². The Kier molecular flexibility index (Phi) is 5.69. The number of halogens is 2. The van der Waals surface area contributed by atoms with E-state index in [4.69, 9.17) is 0 Å². The van der Waals surface area contributed by atoms with E-state index in [-0.39, 0.29) is 22.8 Å². The molecule has 0 spiro atoms. The molecule has 2 aromatic carbocycles. The van der Waals surface area contributed by atoms with Crippen molar-refractivity contribution in [2.75, 3.05) is 6.54 Å². The predicted octanol–water partition coefficient (Wildman–Crippen LogP) is 4.23. The van der Waals surface area contributed by atoms with Crippen molar-refractivity contribution in [1.82, 2.24) is 9.71 Å². The van der Waals surface area contributed by atoms with E-state index in [0.29, 0.717) is 17.0 Å². The largest absolute Gasteiger partial charge is 0.241 e. The van der Waals surface area contributed by atoms with Crippen LogP contribution in [0.5, 0.6) is 0 Å². The first-order valence-electron chi connectivity index (χ1n) is 8.24. The number of aromatic nitrogens is 1. The fraction of sp³-hybridized carbons (Fsp3) is 0.211. The van der Waals surface area contributed by atoms with Gasteiger partial charge in [0.1, 0.15) is 16.6 Å². The third kappa shape index (κ3) is 4.58. The molecule has 0 aliphatic carbocycles. The lowest BCUT2D eigenvalue weighted by molar-refractivity contribution is 0.580. The second-order valence-corrected chi connectivity index (χ2v) is 8.95. The van der Waals surface area contributed by atoms with Gasteiger partial charge in [-0.05, 0) is 56.2 Å². The molecule has 4 nitrogen and oxygen atoms in total. The lowest BCUT2D eigenvalue weighted by atomic mass is 10.2. The molecule has 0 fully saturated rings. The molecule has 0 aliphatic rings. The fourth-order valence-electron chi connectivity index (χ4n) is 2.57. The van der Waals surface area contributed by atoms with Gasteiger partial charge in [-0.1, -0.05) is 12.1 Å². The smallest absolute Gasteiger partial charge is 0.240 e. The summed E-state index contributed by atoms with van der Waals surface area (Å²) >= 11 is 1.41. The summed E-state index contributed by atoms with van der Waals surface area (Å²) in [5, 5.41) is 0.694. The standard InChI is InChI=1S/C19H18F2N2O2S2/c1-12-10-16(6-7-17(12)21)27(24,25)22-9-8-18-13(2)23-19(26-18)14-4-3-5-15(20)11-14/h3-7,10-11,22H,8-9H2,1-2H3. The molecule has 0 bridgehead atoms. The van der Waals surface area contributed by atoms with Gasteiger partial charge < -0.3 is 0 Å². The molecule has 0 unspecified atom stereocenters. The molecular formula is C19H18F2N2O2S2. The SMILES string of the molecule is Cc1cc(S(=O)(=O)NCCc2sc(-c3cccc(F)c3)nc2C)ccc1F. The summed E-state index contributed by atoms with van der Waals surface area (Å²) in [5.41, 5.74) is 1.75. The Labute approximate surface area is 161 Å². The normalized spacial score (nSPS) is 11.7. The highest BCUT2D eigenvalue weighted by atomic mass is 32.2. The number of nitrogens with one attached hydrogen (secondary N) is 1. The summed E-state index contributed by atoms with van der Waals surface area (Å²) in [6.07, 6.45) is 0.457. The minimum Gasteiger partial charge on any atom is -0.241 e. The van der Waals surface area contributed by atoms with E-state index in [2.05, 4.69) is 9.71 Å². The zero-order valence-electron chi connectivity index (χ0n) is 14.8. The number of nitrogens with zero attached hydrogens (tertiary/aromatic N) is 1. The molecule has 1 aromatic heterocycles. The lowest BCUT2D eigenvalue weighted by Gasteiger charge is -2.07. The maximum Gasteiger partial charge on any atom is 0.240 e. The van der Waals surface area contributed by atoms with E-state index in [1.165, 1.54) is 42.5 Å². The third-order valence-electron chi connectivity index (χ3n) is 4.05. The van der Waals surface area contributed by atoms with Crippen LogP contribution >= 0.6 is 11.3 Å². The van der Waals surface area contributed by atoms with Gasteiger partial charge in [-0.2, -0.15) is 0 Å². The third-order valence-corrected chi connectivity index (χ3v) is 6.77. The summed E-state index contributed by atoms with van der Waals surface area (Å²) < 4.78 is 53.9. The van der Waals surface area contributed by atoms with Crippen LogP contribution in [0.15, 0.2) is 47.4 Å². The van der Waals surface area contributed by atoms with E-state index in [1.807, 2.05) is 6.92 Å². The van der Waals surface area contributed by atoms with Crippen molar-refractivity contribution in [3.05, 3.63) is 70.2 Å². The van der Waals surface area contributed by atoms with Crippen LogP contribution in [-0.4, -0.2) is 19.9 Å². The number of thiazole rings is 1. The molecule has 142 valence electrons. The maximum absolute atomic E-state index is 13.4. The molecule has 0 saturated carbocycles. The Morgan fingerprint density at radius 2 is 1.89 bits per heavy atom. The number of rotatable bonds is 6. The average Bonchev–Trinajstić information content (AvgIpc) is 2.98. The van der Waals surface area contributed by atoms with Crippen LogP contribution in [0, 0.1) is 25.5 Å². The Morgan fingerprint density at radius 3 is 2.59 bits per heavy atom. The van der Waals surface area contributed by atoms with Crippen molar-refractivity contribution in [2.45, 2.75) is 25.2 Å². The second-order valence-electron chi connectivity index (χ2n) is 6.10. The van der Waals surface area contributed by atoms with E-state index in [9.17, 15) is 17.2 Å². The van der Waals surface area contributed by atoms with Crippen molar-refractivity contribution in [3.8, 4) is 10.6 Å². The van der Waals surface area contributed by atoms with Crippen LogP contribution < -0.4 is 4.72 Å². The first-order chi connectivity index (χ1) is 12.8. The molecule has 3 aromatic rings. The first kappa shape index (κ1) is 19.6. The lowest BCUT2D eigenvalue weighted by Crippen LogP contribution is -2.26. The van der Waals surface area contributed by atoms with Crippen molar-refractivity contribution in [3.63, 3.8) is 0 Å². The van der Waals surface area contributed by atoms with Crippen LogP contribution in [0.1, 0.15) is 16.1 Å². The Bertz CT molecular complexity index is 1080. The van der Waals surface area contributed by atoms with Crippen LogP contribution in [0.25, 0.3) is 10.6 Å². The summed E-state index contributed by atoms with van der Waals surface area (Å²) in [7, 11) is -3.72. The van der Waals surface area contributed by atoms with Crippen molar-refractivity contribution < 1.29 is 17.2 Å². The summed E-state index contributed by atoms with van der Waals surface area (Å²) in [4.78, 5) is 5.40. The minimum absolute atomic E-state index is 0.0304. The van der Waals surface area contributed by atoms with Gasteiger partial charge in [0.15, 0.2) is 0 Å². The number of sulfonamides is 1. The van der Waals surface area contributed by atoms with Gasteiger partial charge >= 0.3 is 0 Å². The molecular weight excluding hydrogens is 390 g/mol. The van der Waals surface area contributed by atoms with Crippen molar-refractivity contribution in [2.24, 2.45) is 0 Å². The van der Waals surface area contributed by atoms with E-state index in [0.717, 1.165) is 16.6 Å². The van der Waals surface area contributed by atoms with Gasteiger partial charge in [0.25, 0.3) is 0 Å². The fourth-order valence-corrected chi connectivity index (χ4v) is 4.75. The average molecular weight is 408 g/mol. The number of aryl methyl sites for hydroxylation is 2. The summed E-state index contributed by atoms with van der Waals surface area (Å²) in [6, 6.07) is 9.88. The molecule has 1 N–H and O–H groups in total. The Morgan fingerprint density at radius 1 is 1.11 bits per heavy atom. The molecule has 1 heterocycles. The number of hydrogen-bond donors (Lipinski definition) is 1. The molecule has 0 saturated heterocycles. The van der Waals surface area contributed by atoms with E-state index < -0.39 is 15.8 Å². The summed E-state index contributed by atoms with van der Waals surface area (Å²) in [5.74, 6) is -0.775. The Balaban J connectivity index is 1.69. The highest BCUT2D eigenvalue weighted by Gasteiger charge is 2.16. The molecule has 0 amide bonds. The molecule has 0 atom stereocenters. The van der Waals surface area contributed by atoms with Crippen molar-refractivity contribution in [1.29, 1.82) is 0 Å². The predicted molar refractivity (Wildman–Crippen MR) is 102 cm³/mol. The van der Waals surface area contributed by atoms with Gasteiger partial charge in [-0.25, -0.2) is 26.9 Å². The van der Waals surface area contributed by atoms with Crippen molar-refractivity contribution >= 4 is 21.4 Å².